The van der Waals surface area contributed by atoms with Crippen molar-refractivity contribution in [3.63, 3.8) is 0 Å². The molecule has 0 atom stereocenters. The number of ether oxygens (including phenoxy) is 4. The number of hydrogen-bond donors (Lipinski definition) is 2. The molecule has 3 rings (SSSR count). The van der Waals surface area contributed by atoms with Crippen LogP contribution in [0.1, 0.15) is 134 Å². The van der Waals surface area contributed by atoms with E-state index in [-0.39, 0.29) is 6.42 Å². The molecule has 0 aliphatic heterocycles. The predicted octanol–water partition coefficient (Wildman–Crippen LogP) is 9.65. The topological polar surface area (TPSA) is 78.0 Å². The number of allylic oxidation sites excluding steroid dienone is 4. The zero-order valence-corrected chi connectivity index (χ0v) is 31.1. The van der Waals surface area contributed by atoms with Crippen LogP contribution in [-0.2, 0) is 19.0 Å². The number of halogens is 4. The van der Waals surface area contributed by atoms with Crippen molar-refractivity contribution in [3.05, 3.63) is 51.4 Å². The Kier molecular flexibility index (Phi) is 21.3. The lowest BCUT2D eigenvalue weighted by atomic mass is 9.89. The lowest BCUT2D eigenvalue weighted by Crippen LogP contribution is -2.23. The third-order valence-electron chi connectivity index (χ3n) is 9.48. The maximum atomic E-state index is 13.9. The average molecular weight is 727 g/mol. The van der Waals surface area contributed by atoms with Gasteiger partial charge in [-0.2, -0.15) is 4.39 Å². The van der Waals surface area contributed by atoms with Gasteiger partial charge in [0.1, 0.15) is 0 Å². The van der Waals surface area contributed by atoms with E-state index in [1.807, 2.05) is 0 Å². The second kappa shape index (κ2) is 25.4. The number of carbonyl (C=O) groups excluding carboxylic acids is 1. The molecule has 2 aliphatic carbocycles. The lowest BCUT2D eigenvalue weighted by molar-refractivity contribution is -0.134. The number of benzene rings is 1. The minimum absolute atomic E-state index is 0.00460. The van der Waals surface area contributed by atoms with Crippen molar-refractivity contribution >= 4 is 5.97 Å². The van der Waals surface area contributed by atoms with Crippen LogP contribution < -0.4 is 15.4 Å². The summed E-state index contributed by atoms with van der Waals surface area (Å²) < 4.78 is 76.3. The largest absolute Gasteiger partial charge is 0.423 e. The Morgan fingerprint density at radius 2 is 1.02 bits per heavy atom. The smallest absolute Gasteiger partial charge is 0.311 e. The molecule has 51 heavy (non-hydrogen) atoms. The Morgan fingerprint density at radius 3 is 1.51 bits per heavy atom. The number of esters is 1. The van der Waals surface area contributed by atoms with E-state index >= 15 is 0 Å². The summed E-state index contributed by atoms with van der Waals surface area (Å²) in [4.78, 5) is 12.0. The fourth-order valence-corrected chi connectivity index (χ4v) is 6.08. The van der Waals surface area contributed by atoms with Crippen molar-refractivity contribution in [2.75, 3.05) is 52.7 Å². The fourth-order valence-electron chi connectivity index (χ4n) is 6.08. The Hall–Kier alpha value is -2.63. The molecule has 0 aromatic heterocycles. The minimum Gasteiger partial charge on any atom is -0.423 e. The molecule has 0 heterocycles. The van der Waals surface area contributed by atoms with Crippen LogP contribution in [0.4, 0.5) is 17.6 Å². The maximum absolute atomic E-state index is 13.9. The van der Waals surface area contributed by atoms with Crippen LogP contribution in [0.3, 0.4) is 0 Å². The number of carbonyl (C=O) groups is 1. The first-order valence-corrected chi connectivity index (χ1v) is 19.5. The van der Waals surface area contributed by atoms with Crippen LogP contribution in [0, 0.1) is 30.2 Å². The summed E-state index contributed by atoms with van der Waals surface area (Å²) in [5, 5.41) is 7.20. The first-order chi connectivity index (χ1) is 24.8. The van der Waals surface area contributed by atoms with E-state index in [4.69, 9.17) is 18.9 Å². The van der Waals surface area contributed by atoms with Gasteiger partial charge >= 0.3 is 5.97 Å². The molecule has 0 saturated heterocycles. The van der Waals surface area contributed by atoms with Gasteiger partial charge in [-0.3, -0.25) is 4.79 Å². The molecule has 1 aromatic rings. The van der Waals surface area contributed by atoms with Gasteiger partial charge in [-0.15, -0.1) is 0 Å². The molecule has 0 amide bonds. The zero-order chi connectivity index (χ0) is 36.7. The molecule has 290 valence electrons. The number of hydrogen-bond acceptors (Lipinski definition) is 7. The van der Waals surface area contributed by atoms with Gasteiger partial charge in [0.05, 0.1) is 39.6 Å². The second-order valence-corrected chi connectivity index (χ2v) is 13.7. The van der Waals surface area contributed by atoms with Gasteiger partial charge in [-0.25, -0.2) is 13.2 Å². The van der Waals surface area contributed by atoms with Crippen LogP contribution in [0.5, 0.6) is 5.75 Å². The molecule has 0 radical (unpaired) electrons. The summed E-state index contributed by atoms with van der Waals surface area (Å²) in [6.07, 6.45) is 20.1. The van der Waals surface area contributed by atoms with E-state index in [0.29, 0.717) is 46.1 Å². The third-order valence-corrected chi connectivity index (χ3v) is 9.48. The van der Waals surface area contributed by atoms with Gasteiger partial charge < -0.3 is 29.6 Å². The molecular weight excluding hydrogens is 664 g/mol. The first-order valence-electron chi connectivity index (χ1n) is 19.5. The van der Waals surface area contributed by atoms with E-state index in [1.165, 1.54) is 74.8 Å². The summed E-state index contributed by atoms with van der Waals surface area (Å²) in [6, 6.07) is 0. The highest BCUT2D eigenvalue weighted by Crippen LogP contribution is 2.33. The Bertz CT molecular complexity index is 1210. The van der Waals surface area contributed by atoms with Crippen molar-refractivity contribution in [1.82, 2.24) is 10.6 Å². The van der Waals surface area contributed by atoms with E-state index < -0.39 is 40.6 Å². The fraction of sp³-hybridized carbons (Fsp3) is 0.725. The molecule has 11 heteroatoms. The first kappa shape index (κ1) is 42.8. The van der Waals surface area contributed by atoms with E-state index in [9.17, 15) is 22.4 Å². The standard InChI is InChI=1S/C40H62F4N2O5/c1-3-4-11-17-33(31-15-14-16-31)45-22-24-48-26-28-50-29-27-49-25-23-46-34(32-20-21-32)18-12-9-7-5-6-8-10-13-19-35(47)51-40-30(2)36(41)37(42)38(43)39(40)44/h45-46H,3-29H2,1-2H3. The molecule has 0 spiro atoms. The number of unbranched alkanes of at least 4 members (excludes halogenated alkanes) is 9. The van der Waals surface area contributed by atoms with Crippen LogP contribution in [0.2, 0.25) is 0 Å². The molecule has 0 bridgehead atoms. The molecule has 2 aliphatic rings. The Morgan fingerprint density at radius 1 is 0.569 bits per heavy atom. The normalized spacial score (nSPS) is 13.7. The Labute approximate surface area is 303 Å². The molecule has 0 unspecified atom stereocenters. The van der Waals surface area contributed by atoms with Crippen LogP contribution in [0.25, 0.3) is 0 Å². The van der Waals surface area contributed by atoms with E-state index in [0.717, 1.165) is 71.4 Å². The van der Waals surface area contributed by atoms with Gasteiger partial charge in [0, 0.05) is 36.5 Å². The molecule has 7 nitrogen and oxygen atoms in total. The van der Waals surface area contributed by atoms with Gasteiger partial charge in [-0.1, -0.05) is 69.4 Å². The lowest BCUT2D eigenvalue weighted by Gasteiger charge is -2.23. The molecular formula is C40H62F4N2O5. The number of rotatable bonds is 30. The van der Waals surface area contributed by atoms with Crippen LogP contribution in [0.15, 0.2) is 22.5 Å². The van der Waals surface area contributed by atoms with Gasteiger partial charge in [0.15, 0.2) is 17.4 Å². The highest BCUT2D eigenvalue weighted by atomic mass is 19.2. The molecule has 1 aromatic carbocycles. The van der Waals surface area contributed by atoms with Crippen LogP contribution >= 0.6 is 0 Å². The molecule has 2 saturated carbocycles. The summed E-state index contributed by atoms with van der Waals surface area (Å²) >= 11 is 0. The Balaban J connectivity index is 1.09. The van der Waals surface area contributed by atoms with Crippen molar-refractivity contribution in [1.29, 1.82) is 0 Å². The summed E-state index contributed by atoms with van der Waals surface area (Å²) in [5.74, 6) is -8.84. The SMILES string of the molecule is CCCCCC(NCCOCCOCCOCCNC(CCCCCCCCCCC(=O)Oc1c(C)c(F)c(F)c(F)c1F)=C1CC1)=C1CCC1. The molecule has 2 N–H and O–H groups in total. The van der Waals surface area contributed by atoms with Gasteiger partial charge in [-0.05, 0) is 71.1 Å². The molecule has 2 fully saturated rings. The van der Waals surface area contributed by atoms with Gasteiger partial charge in [0.25, 0.3) is 0 Å². The van der Waals surface area contributed by atoms with Crippen molar-refractivity contribution in [2.45, 2.75) is 136 Å². The van der Waals surface area contributed by atoms with Crippen molar-refractivity contribution < 1.29 is 41.3 Å². The second-order valence-electron chi connectivity index (χ2n) is 13.7. The average Bonchev–Trinajstić information content (AvgIpc) is 3.95. The summed E-state index contributed by atoms with van der Waals surface area (Å²) in [5.41, 5.74) is 5.43. The maximum Gasteiger partial charge on any atom is 0.311 e. The highest BCUT2D eigenvalue weighted by Gasteiger charge is 2.25. The zero-order valence-electron chi connectivity index (χ0n) is 31.1. The van der Waals surface area contributed by atoms with Crippen LogP contribution in [-0.4, -0.2) is 58.7 Å². The summed E-state index contributed by atoms with van der Waals surface area (Å²) in [7, 11) is 0. The minimum atomic E-state index is -1.99. The van der Waals surface area contributed by atoms with E-state index in [1.54, 1.807) is 5.57 Å². The predicted molar refractivity (Wildman–Crippen MR) is 193 cm³/mol. The van der Waals surface area contributed by atoms with Gasteiger partial charge in [0.2, 0.25) is 11.6 Å². The highest BCUT2D eigenvalue weighted by molar-refractivity contribution is 5.72. The third kappa shape index (κ3) is 16.7. The van der Waals surface area contributed by atoms with Crippen molar-refractivity contribution in [3.8, 4) is 5.75 Å². The monoisotopic (exact) mass is 726 g/mol. The van der Waals surface area contributed by atoms with E-state index in [2.05, 4.69) is 17.6 Å². The number of nitrogens with one attached hydrogen (secondary N) is 2. The van der Waals surface area contributed by atoms with Crippen molar-refractivity contribution in [2.24, 2.45) is 0 Å². The summed E-state index contributed by atoms with van der Waals surface area (Å²) in [6.45, 7) is 8.60. The quantitative estimate of drug-likeness (QED) is 0.0204.